The minimum Gasteiger partial charge on any atom is -0.324 e. The molecule has 8 nitrogen and oxygen atoms in total. The number of rotatable bonds is 6. The molecule has 1 fully saturated rings. The van der Waals surface area contributed by atoms with Gasteiger partial charge in [0, 0.05) is 18.8 Å². The Labute approximate surface area is 193 Å². The van der Waals surface area contributed by atoms with Gasteiger partial charge in [0.15, 0.2) is 10.6 Å². The third kappa shape index (κ3) is 4.33. The third-order valence-corrected chi connectivity index (χ3v) is 8.63. The Morgan fingerprint density at radius 3 is 2.74 bits per heavy atom. The zero-order chi connectivity index (χ0) is 22.2. The van der Waals surface area contributed by atoms with Gasteiger partial charge < -0.3 is 5.32 Å². The number of nitrogens with one attached hydrogen (secondary N) is 2. The van der Waals surface area contributed by atoms with Crippen molar-refractivity contribution in [3.8, 4) is 10.7 Å². The van der Waals surface area contributed by atoms with E-state index in [0.29, 0.717) is 29.4 Å². The van der Waals surface area contributed by atoms with E-state index in [0.717, 1.165) is 17.7 Å². The topological polar surface area (TPSA) is 100 Å². The van der Waals surface area contributed by atoms with Gasteiger partial charge in [0.05, 0.1) is 9.90 Å². The van der Waals surface area contributed by atoms with Gasteiger partial charge in [-0.15, -0.1) is 11.3 Å². The summed E-state index contributed by atoms with van der Waals surface area (Å²) in [7, 11) is -3.72. The predicted molar refractivity (Wildman–Crippen MR) is 124 cm³/mol. The number of aromatic nitrogens is 3. The molecule has 2 aromatic heterocycles. The van der Waals surface area contributed by atoms with Crippen molar-refractivity contribution in [2.75, 3.05) is 18.4 Å². The van der Waals surface area contributed by atoms with Crippen molar-refractivity contribution in [3.05, 3.63) is 45.5 Å². The molecular formula is C19H20ClN5O3S3. The van der Waals surface area contributed by atoms with Crippen LogP contribution in [0, 0.1) is 4.77 Å². The molecule has 0 bridgehead atoms. The largest absolute Gasteiger partial charge is 0.324 e. The minimum atomic E-state index is -3.72. The van der Waals surface area contributed by atoms with Crippen LogP contribution in [0.2, 0.25) is 5.02 Å². The zero-order valence-corrected chi connectivity index (χ0v) is 19.7. The molecule has 0 aliphatic carbocycles. The Balaban J connectivity index is 1.60. The molecule has 1 aliphatic heterocycles. The van der Waals surface area contributed by atoms with Crippen LogP contribution in [0.5, 0.6) is 0 Å². The Kier molecular flexibility index (Phi) is 6.31. The lowest BCUT2D eigenvalue weighted by Gasteiger charge is -2.18. The van der Waals surface area contributed by atoms with Crippen LogP contribution >= 0.6 is 35.2 Å². The minimum absolute atomic E-state index is 0.0132. The fourth-order valence-corrected chi connectivity index (χ4v) is 6.47. The van der Waals surface area contributed by atoms with E-state index < -0.39 is 16.1 Å². The fourth-order valence-electron chi connectivity index (χ4n) is 3.45. The lowest BCUT2D eigenvalue weighted by molar-refractivity contribution is -0.118. The lowest BCUT2D eigenvalue weighted by atomic mass is 10.2. The van der Waals surface area contributed by atoms with Crippen LogP contribution in [0.25, 0.3) is 10.7 Å². The van der Waals surface area contributed by atoms with Crippen LogP contribution in [-0.2, 0) is 14.8 Å². The normalized spacial score (nSPS) is 15.8. The molecule has 1 atom stereocenters. The number of anilines is 1. The number of carbonyl (C=O) groups is 1. The van der Waals surface area contributed by atoms with E-state index in [1.165, 1.54) is 27.8 Å². The number of amides is 1. The average molecular weight is 498 g/mol. The van der Waals surface area contributed by atoms with Gasteiger partial charge in [0.25, 0.3) is 0 Å². The maximum Gasteiger partial charge on any atom is 0.247 e. The average Bonchev–Trinajstić information content (AvgIpc) is 3.50. The fraction of sp³-hybridized carbons (Fsp3) is 0.316. The number of aromatic amines is 1. The highest BCUT2D eigenvalue weighted by atomic mass is 35.5. The van der Waals surface area contributed by atoms with Gasteiger partial charge in [-0.05, 0) is 61.6 Å². The maximum atomic E-state index is 13.0. The predicted octanol–water partition coefficient (Wildman–Crippen LogP) is 4.31. The Bertz CT molecular complexity index is 1260. The second kappa shape index (κ2) is 8.83. The van der Waals surface area contributed by atoms with Crippen LogP contribution in [0.1, 0.15) is 25.8 Å². The zero-order valence-electron chi connectivity index (χ0n) is 16.5. The van der Waals surface area contributed by atoms with Crippen molar-refractivity contribution in [3.63, 3.8) is 0 Å². The number of halogens is 1. The van der Waals surface area contributed by atoms with E-state index in [2.05, 4.69) is 15.5 Å². The van der Waals surface area contributed by atoms with E-state index in [4.69, 9.17) is 23.8 Å². The third-order valence-electron chi connectivity index (χ3n) is 5.09. The van der Waals surface area contributed by atoms with Crippen LogP contribution in [0.4, 0.5) is 5.69 Å². The van der Waals surface area contributed by atoms with Gasteiger partial charge in [-0.1, -0.05) is 17.7 Å². The number of carbonyl (C=O) groups excluding carboxylic acids is 1. The highest BCUT2D eigenvalue weighted by Gasteiger charge is 2.30. The van der Waals surface area contributed by atoms with Gasteiger partial charge in [0.2, 0.25) is 15.9 Å². The highest BCUT2D eigenvalue weighted by molar-refractivity contribution is 7.89. The Hall–Kier alpha value is -2.05. The second-order valence-electron chi connectivity index (χ2n) is 7.12. The summed E-state index contributed by atoms with van der Waals surface area (Å²) in [5.74, 6) is 0.207. The first-order valence-corrected chi connectivity index (χ1v) is 12.7. The molecule has 31 heavy (non-hydrogen) atoms. The van der Waals surface area contributed by atoms with Gasteiger partial charge in [0.1, 0.15) is 10.9 Å². The van der Waals surface area contributed by atoms with E-state index in [9.17, 15) is 13.2 Å². The number of hydrogen-bond acceptors (Lipinski definition) is 6. The lowest BCUT2D eigenvalue weighted by Crippen LogP contribution is -2.28. The van der Waals surface area contributed by atoms with Crippen molar-refractivity contribution in [1.29, 1.82) is 0 Å². The van der Waals surface area contributed by atoms with Crippen LogP contribution in [0.15, 0.2) is 40.6 Å². The van der Waals surface area contributed by atoms with Gasteiger partial charge in [-0.3, -0.25) is 14.5 Å². The summed E-state index contributed by atoms with van der Waals surface area (Å²) in [5, 5.41) is 11.8. The smallest absolute Gasteiger partial charge is 0.247 e. The molecular weight excluding hydrogens is 478 g/mol. The van der Waals surface area contributed by atoms with Gasteiger partial charge in [-0.2, -0.15) is 9.40 Å². The first-order chi connectivity index (χ1) is 14.8. The van der Waals surface area contributed by atoms with E-state index in [1.807, 2.05) is 17.5 Å². The molecule has 3 heterocycles. The summed E-state index contributed by atoms with van der Waals surface area (Å²) < 4.78 is 29.2. The number of H-pyrrole nitrogens is 1. The molecule has 2 N–H and O–H groups in total. The number of nitrogens with zero attached hydrogens (tertiary/aromatic N) is 3. The molecule has 0 saturated carbocycles. The first-order valence-electron chi connectivity index (χ1n) is 9.60. The molecule has 164 valence electrons. The summed E-state index contributed by atoms with van der Waals surface area (Å²) in [6.45, 7) is 2.64. The quantitative estimate of drug-likeness (QED) is 0.494. The first kappa shape index (κ1) is 22.2. The van der Waals surface area contributed by atoms with E-state index >= 15 is 0 Å². The van der Waals surface area contributed by atoms with E-state index in [-0.39, 0.29) is 15.8 Å². The van der Waals surface area contributed by atoms with Crippen molar-refractivity contribution in [2.24, 2.45) is 0 Å². The van der Waals surface area contributed by atoms with Crippen molar-refractivity contribution in [1.82, 2.24) is 19.1 Å². The number of thiophene rings is 1. The molecule has 4 rings (SSSR count). The Morgan fingerprint density at radius 1 is 1.32 bits per heavy atom. The van der Waals surface area contributed by atoms with Gasteiger partial charge in [-0.25, -0.2) is 8.42 Å². The van der Waals surface area contributed by atoms with Crippen LogP contribution < -0.4 is 5.32 Å². The van der Waals surface area contributed by atoms with Gasteiger partial charge >= 0.3 is 0 Å². The number of hydrogen-bond donors (Lipinski definition) is 2. The summed E-state index contributed by atoms with van der Waals surface area (Å²) in [4.78, 5) is 13.8. The maximum absolute atomic E-state index is 13.0. The standard InChI is InChI=1S/C19H20ClN5O3S3/c1-12(25-17(22-23-19(25)29)15-5-4-10-30-15)18(26)21-13-6-7-14(20)16(11-13)31(27,28)24-8-2-3-9-24/h4-7,10-12H,2-3,8-9H2,1H3,(H,21,26)(H,23,29). The highest BCUT2D eigenvalue weighted by Crippen LogP contribution is 2.30. The van der Waals surface area contributed by atoms with E-state index in [1.54, 1.807) is 17.6 Å². The van der Waals surface area contributed by atoms with Crippen LogP contribution in [-0.4, -0.2) is 46.5 Å². The summed E-state index contributed by atoms with van der Waals surface area (Å²) in [6.07, 6.45) is 1.64. The molecule has 3 aromatic rings. The Morgan fingerprint density at radius 2 is 2.06 bits per heavy atom. The van der Waals surface area contributed by atoms with Crippen LogP contribution in [0.3, 0.4) is 0 Å². The number of benzene rings is 1. The van der Waals surface area contributed by atoms with Crippen molar-refractivity contribution < 1.29 is 13.2 Å². The summed E-state index contributed by atoms with van der Waals surface area (Å²) >= 11 is 13.0. The molecule has 0 spiro atoms. The molecule has 1 aliphatic rings. The number of sulfonamides is 1. The molecule has 1 saturated heterocycles. The SMILES string of the molecule is CC(C(=O)Nc1ccc(Cl)c(S(=O)(=O)N2CCCC2)c1)n1c(-c2cccs2)n[nH]c1=S. The second-order valence-corrected chi connectivity index (χ2v) is 10.8. The van der Waals surface area contributed by atoms with Crippen molar-refractivity contribution in [2.45, 2.75) is 30.7 Å². The molecule has 12 heteroatoms. The van der Waals surface area contributed by atoms with Crippen molar-refractivity contribution >= 4 is 56.8 Å². The summed E-state index contributed by atoms with van der Waals surface area (Å²) in [5.41, 5.74) is 0.340. The molecule has 1 amide bonds. The molecule has 1 aromatic carbocycles. The molecule has 0 radical (unpaired) electrons. The summed E-state index contributed by atoms with van der Waals surface area (Å²) in [6, 6.07) is 7.55. The molecule has 1 unspecified atom stereocenters. The monoisotopic (exact) mass is 497 g/mol.